The quantitative estimate of drug-likeness (QED) is 0.138. The molecule has 0 spiro atoms. The maximum Gasteiger partial charge on any atom is 0.276 e. The van der Waals surface area contributed by atoms with E-state index in [2.05, 4.69) is 25.7 Å². The molecular formula is C22H20N8O5S2. The number of anilines is 1. The van der Waals surface area contributed by atoms with E-state index in [0.717, 1.165) is 27.5 Å². The van der Waals surface area contributed by atoms with Gasteiger partial charge in [0, 0.05) is 29.0 Å². The number of nitrogens with two attached hydrogens (primary N) is 1. The number of thiazole rings is 1. The van der Waals surface area contributed by atoms with Crippen LogP contribution >= 0.6 is 23.1 Å². The van der Waals surface area contributed by atoms with E-state index >= 15 is 0 Å². The molecule has 5 rings (SSSR count). The summed E-state index contributed by atoms with van der Waals surface area (Å²) in [5.41, 5.74) is 7.73. The monoisotopic (exact) mass is 540 g/mol. The predicted molar refractivity (Wildman–Crippen MR) is 131 cm³/mol. The third-order valence-electron chi connectivity index (χ3n) is 5.73. The summed E-state index contributed by atoms with van der Waals surface area (Å²) in [6.07, 6.45) is 5.30. The summed E-state index contributed by atoms with van der Waals surface area (Å²) in [7, 11) is 1.28. The van der Waals surface area contributed by atoms with E-state index in [4.69, 9.17) is 10.6 Å². The highest BCUT2D eigenvalue weighted by Crippen LogP contribution is 2.40. The van der Waals surface area contributed by atoms with Crippen molar-refractivity contribution in [2.75, 3.05) is 18.6 Å². The number of carbonyl (C=O) groups excluding carboxylic acids is 3. The number of carboxylic acid groups (broad SMARTS) is 1. The molecule has 0 unspecified atom stereocenters. The lowest BCUT2D eigenvalue weighted by atomic mass is 10.0. The maximum atomic E-state index is 13.0. The number of thioether (sulfide) groups is 1. The fourth-order valence-electron chi connectivity index (χ4n) is 4.11. The van der Waals surface area contributed by atoms with Crippen LogP contribution in [0, 0.1) is 0 Å². The summed E-state index contributed by atoms with van der Waals surface area (Å²) in [4.78, 5) is 48.0. The van der Waals surface area contributed by atoms with Crippen LogP contribution in [0.3, 0.4) is 0 Å². The van der Waals surface area contributed by atoms with Gasteiger partial charge in [-0.2, -0.15) is 5.10 Å². The van der Waals surface area contributed by atoms with Crippen molar-refractivity contribution in [2.45, 2.75) is 18.0 Å². The summed E-state index contributed by atoms with van der Waals surface area (Å²) in [6.45, 7) is 0.238. The first kappa shape index (κ1) is 24.5. The molecule has 0 saturated carbocycles. The highest BCUT2D eigenvalue weighted by molar-refractivity contribution is 8.00. The van der Waals surface area contributed by atoms with Gasteiger partial charge in [0.2, 0.25) is 0 Å². The largest absolute Gasteiger partial charge is 0.543 e. The highest BCUT2D eigenvalue weighted by Gasteiger charge is 2.53. The Morgan fingerprint density at radius 1 is 1.43 bits per heavy atom. The molecule has 37 heavy (non-hydrogen) atoms. The minimum atomic E-state index is -1.46. The Labute approximate surface area is 218 Å². The topological polar surface area (TPSA) is 183 Å². The third-order valence-corrected chi connectivity index (χ3v) is 7.75. The molecule has 15 heteroatoms. The fraction of sp³-hybridized carbons (Fsp3) is 0.227. The Bertz CT molecular complexity index is 1430. The Morgan fingerprint density at radius 2 is 2.27 bits per heavy atom. The molecular weight excluding hydrogens is 520 g/mol. The van der Waals surface area contributed by atoms with Gasteiger partial charge in [0.25, 0.3) is 11.8 Å². The zero-order valence-corrected chi connectivity index (χ0v) is 20.9. The number of fused-ring (bicyclic) bond motifs is 1. The summed E-state index contributed by atoms with van der Waals surface area (Å²) in [5.74, 6) is -2.38. The molecule has 0 aliphatic carbocycles. The lowest BCUT2D eigenvalue weighted by Crippen LogP contribution is -2.71. The number of carbonyl (C=O) groups is 3. The first-order chi connectivity index (χ1) is 17.9. The van der Waals surface area contributed by atoms with Gasteiger partial charge >= 0.3 is 0 Å². The number of amides is 2. The first-order valence-corrected chi connectivity index (χ1v) is 12.8. The molecule has 2 aliphatic rings. The lowest BCUT2D eigenvalue weighted by molar-refractivity contribution is -0.688. The van der Waals surface area contributed by atoms with E-state index in [1.54, 1.807) is 17.8 Å². The fourth-order valence-corrected chi connectivity index (χ4v) is 5.99. The number of aromatic nitrogens is 4. The van der Waals surface area contributed by atoms with Gasteiger partial charge in [0.1, 0.15) is 24.2 Å². The number of aromatic amines is 1. The van der Waals surface area contributed by atoms with Crippen molar-refractivity contribution in [3.8, 4) is 11.3 Å². The van der Waals surface area contributed by atoms with Gasteiger partial charge in [-0.1, -0.05) is 5.16 Å². The van der Waals surface area contributed by atoms with Crippen LogP contribution in [0.4, 0.5) is 5.13 Å². The molecule has 0 bridgehead atoms. The van der Waals surface area contributed by atoms with Crippen molar-refractivity contribution >= 4 is 51.7 Å². The second-order valence-corrected chi connectivity index (χ2v) is 10.0. The third kappa shape index (κ3) is 4.65. The SMILES string of the molecule is CO/N=C(/C(=O)N[C@@H]1C(=O)N2C(C(=O)[O-])=C(C[n+]3cccc(-c4ccn[nH]4)c3)CS[C@H]12)c1csc(N)n1. The van der Waals surface area contributed by atoms with Crippen LogP contribution in [0.1, 0.15) is 5.69 Å². The lowest BCUT2D eigenvalue weighted by Gasteiger charge is -2.50. The summed E-state index contributed by atoms with van der Waals surface area (Å²) in [5, 5.41) is 26.5. The highest BCUT2D eigenvalue weighted by atomic mass is 32.2. The van der Waals surface area contributed by atoms with Crippen LogP contribution in [0.2, 0.25) is 0 Å². The Hall–Kier alpha value is -4.24. The molecule has 2 amide bonds. The van der Waals surface area contributed by atoms with Crippen molar-refractivity contribution in [2.24, 2.45) is 5.16 Å². The normalized spacial score (nSPS) is 19.3. The van der Waals surface area contributed by atoms with E-state index < -0.39 is 29.2 Å². The second kappa shape index (κ2) is 10.0. The van der Waals surface area contributed by atoms with Crippen molar-refractivity contribution in [3.63, 3.8) is 0 Å². The molecule has 0 radical (unpaired) electrons. The summed E-state index contributed by atoms with van der Waals surface area (Å²) in [6, 6.07) is 4.61. The van der Waals surface area contributed by atoms with Crippen LogP contribution in [-0.4, -0.2) is 67.9 Å². The Kier molecular flexibility index (Phi) is 6.62. The van der Waals surface area contributed by atoms with Crippen molar-refractivity contribution < 1.29 is 28.9 Å². The molecule has 13 nitrogen and oxygen atoms in total. The number of pyridine rings is 1. The van der Waals surface area contributed by atoms with Crippen LogP contribution in [0.5, 0.6) is 0 Å². The minimum absolute atomic E-state index is 0.146. The average molecular weight is 541 g/mol. The molecule has 0 aromatic carbocycles. The van der Waals surface area contributed by atoms with Gasteiger partial charge in [-0.25, -0.2) is 9.55 Å². The Morgan fingerprint density at radius 3 is 2.95 bits per heavy atom. The number of rotatable bonds is 8. The molecule has 1 saturated heterocycles. The average Bonchev–Trinajstić information content (AvgIpc) is 3.57. The minimum Gasteiger partial charge on any atom is -0.543 e. The van der Waals surface area contributed by atoms with Gasteiger partial charge in [0.05, 0.1) is 22.9 Å². The first-order valence-electron chi connectivity index (χ1n) is 10.9. The molecule has 3 aromatic rings. The maximum absolute atomic E-state index is 13.0. The van der Waals surface area contributed by atoms with E-state index in [1.165, 1.54) is 18.9 Å². The van der Waals surface area contributed by atoms with Crippen LogP contribution in [0.25, 0.3) is 11.3 Å². The number of aliphatic carboxylic acids is 1. The van der Waals surface area contributed by atoms with Crippen LogP contribution in [-0.2, 0) is 25.8 Å². The number of nitrogens with zero attached hydrogens (tertiary/aromatic N) is 5. The van der Waals surface area contributed by atoms with Crippen LogP contribution < -0.4 is 20.7 Å². The van der Waals surface area contributed by atoms with Crippen molar-refractivity contribution in [1.82, 2.24) is 25.4 Å². The van der Waals surface area contributed by atoms with Gasteiger partial charge in [-0.15, -0.1) is 23.1 Å². The van der Waals surface area contributed by atoms with Gasteiger partial charge in [-0.05, 0) is 12.1 Å². The molecule has 1 fully saturated rings. The predicted octanol–water partition coefficient (Wildman–Crippen LogP) is -1.14. The summed E-state index contributed by atoms with van der Waals surface area (Å²) < 4.78 is 1.83. The second-order valence-electron chi connectivity index (χ2n) is 8.03. The Balaban J connectivity index is 1.35. The van der Waals surface area contributed by atoms with E-state index in [-0.39, 0.29) is 28.8 Å². The molecule has 2 atom stereocenters. The van der Waals surface area contributed by atoms with Crippen molar-refractivity contribution in [3.05, 3.63) is 59.1 Å². The number of hydrogen-bond donors (Lipinski definition) is 3. The number of H-pyrrole nitrogens is 1. The molecule has 2 aliphatic heterocycles. The standard InChI is InChI=1S/C22H20N8O5S2/c1-35-28-15(14-10-37-22(23)25-14)18(31)26-16-19(32)30-17(21(33)34)12(9-36-20(16)30)8-29-6-2-3-11(7-29)13-4-5-24-27-13/h2-7,10,16,20H,8-9H2,1H3,(H4-,23,24,25,26,27,31,33,34)/b28-15+/t16-,20-/m1/s1. The van der Waals surface area contributed by atoms with E-state index in [9.17, 15) is 19.5 Å². The number of nitrogen functional groups attached to an aromatic ring is 1. The van der Waals surface area contributed by atoms with Crippen LogP contribution in [0.15, 0.2) is 58.6 Å². The number of carboxylic acids is 1. The zero-order chi connectivity index (χ0) is 26.1. The van der Waals surface area contributed by atoms with Gasteiger partial charge in [-0.3, -0.25) is 19.6 Å². The van der Waals surface area contributed by atoms with Gasteiger partial charge < -0.3 is 25.8 Å². The molecule has 3 aromatic heterocycles. The molecule has 5 heterocycles. The molecule has 190 valence electrons. The van der Waals surface area contributed by atoms with Gasteiger partial charge in [0.15, 0.2) is 29.8 Å². The zero-order valence-electron chi connectivity index (χ0n) is 19.3. The van der Waals surface area contributed by atoms with E-state index in [1.807, 2.05) is 29.0 Å². The number of hydrogen-bond acceptors (Lipinski definition) is 11. The summed E-state index contributed by atoms with van der Waals surface area (Å²) >= 11 is 2.47. The number of β-lactam (4-membered cyclic amide) rings is 1. The van der Waals surface area contributed by atoms with Crippen molar-refractivity contribution in [1.29, 1.82) is 0 Å². The smallest absolute Gasteiger partial charge is 0.276 e. The number of nitrogens with one attached hydrogen (secondary N) is 2. The number of oxime groups is 1. The van der Waals surface area contributed by atoms with E-state index in [0.29, 0.717) is 11.3 Å². The molecule has 4 N–H and O–H groups in total.